The summed E-state index contributed by atoms with van der Waals surface area (Å²) in [6.45, 7) is 2.71. The molecule has 1 aromatic rings. The number of hydrogen-bond acceptors (Lipinski definition) is 3. The van der Waals surface area contributed by atoms with Gasteiger partial charge in [0, 0.05) is 24.8 Å². The first-order chi connectivity index (χ1) is 14.3. The minimum Gasteiger partial charge on any atom is -0.396 e. The Kier molecular flexibility index (Phi) is 7.45. The molecule has 0 bridgehead atoms. The van der Waals surface area contributed by atoms with Crippen molar-refractivity contribution in [2.45, 2.75) is 76.2 Å². The second kappa shape index (κ2) is 9.69. The summed E-state index contributed by atoms with van der Waals surface area (Å²) in [6.07, 6.45) is -0.650. The first-order valence-electron chi connectivity index (χ1n) is 10.9. The van der Waals surface area contributed by atoms with E-state index in [1.807, 2.05) is 37.3 Å². The maximum atomic E-state index is 13.5. The van der Waals surface area contributed by atoms with Crippen molar-refractivity contribution in [1.82, 2.24) is 4.90 Å². The number of carbonyl (C=O) groups excluding carboxylic acids is 1. The zero-order chi connectivity index (χ0) is 21.8. The number of likely N-dealkylation sites (tertiary alicyclic amines) is 1. The largest absolute Gasteiger partial charge is 0.471 e. The van der Waals surface area contributed by atoms with Gasteiger partial charge >= 0.3 is 12.1 Å². The second-order valence-electron chi connectivity index (χ2n) is 8.81. The van der Waals surface area contributed by atoms with Crippen LogP contribution in [0.5, 0.6) is 0 Å². The fourth-order valence-corrected chi connectivity index (χ4v) is 5.74. The smallest absolute Gasteiger partial charge is 0.396 e. The molecule has 1 saturated heterocycles. The Morgan fingerprint density at radius 1 is 1.23 bits per heavy atom. The van der Waals surface area contributed by atoms with Crippen molar-refractivity contribution in [2.75, 3.05) is 13.2 Å². The van der Waals surface area contributed by atoms with Gasteiger partial charge < -0.3 is 14.7 Å². The maximum absolute atomic E-state index is 13.5. The SMILES string of the molecule is C[C@@H](COCc1ccccc1)[C@H]1CCC[C@]12CCC[C@H](CCO)N2C(=O)C(F)(F)F. The third kappa shape index (κ3) is 4.83. The first kappa shape index (κ1) is 23.1. The maximum Gasteiger partial charge on any atom is 0.471 e. The van der Waals surface area contributed by atoms with E-state index >= 15 is 0 Å². The molecule has 168 valence electrons. The van der Waals surface area contributed by atoms with Gasteiger partial charge in [0.05, 0.1) is 6.61 Å². The van der Waals surface area contributed by atoms with Crippen molar-refractivity contribution in [1.29, 1.82) is 0 Å². The van der Waals surface area contributed by atoms with E-state index in [1.54, 1.807) is 0 Å². The van der Waals surface area contributed by atoms with Crippen molar-refractivity contribution in [2.24, 2.45) is 11.8 Å². The molecule has 4 atom stereocenters. The van der Waals surface area contributed by atoms with Gasteiger partial charge in [0.1, 0.15) is 0 Å². The van der Waals surface area contributed by atoms with Crippen LogP contribution in [0.2, 0.25) is 0 Å². The van der Waals surface area contributed by atoms with Gasteiger partial charge in [0.25, 0.3) is 0 Å². The van der Waals surface area contributed by atoms with E-state index in [1.165, 1.54) is 0 Å². The molecule has 1 saturated carbocycles. The Morgan fingerprint density at radius 2 is 1.90 bits per heavy atom. The molecule has 2 aliphatic rings. The van der Waals surface area contributed by atoms with Gasteiger partial charge in [-0.2, -0.15) is 13.2 Å². The molecule has 1 heterocycles. The predicted molar refractivity (Wildman–Crippen MR) is 108 cm³/mol. The molecule has 3 rings (SSSR count). The van der Waals surface area contributed by atoms with E-state index in [0.717, 1.165) is 29.7 Å². The normalized spacial score (nSPS) is 28.1. The number of piperidine rings is 1. The fourth-order valence-electron chi connectivity index (χ4n) is 5.74. The topological polar surface area (TPSA) is 49.8 Å². The zero-order valence-electron chi connectivity index (χ0n) is 17.5. The average Bonchev–Trinajstić information content (AvgIpc) is 3.12. The van der Waals surface area contributed by atoms with Gasteiger partial charge in [-0.1, -0.05) is 43.7 Å². The molecule has 2 fully saturated rings. The molecule has 1 aliphatic carbocycles. The summed E-state index contributed by atoms with van der Waals surface area (Å²) >= 11 is 0. The van der Waals surface area contributed by atoms with Crippen molar-refractivity contribution in [3.63, 3.8) is 0 Å². The van der Waals surface area contributed by atoms with Crippen LogP contribution in [0, 0.1) is 11.8 Å². The number of benzene rings is 1. The van der Waals surface area contributed by atoms with Gasteiger partial charge in [0.2, 0.25) is 0 Å². The lowest BCUT2D eigenvalue weighted by atomic mass is 9.71. The van der Waals surface area contributed by atoms with Crippen LogP contribution in [0.3, 0.4) is 0 Å². The van der Waals surface area contributed by atoms with Crippen molar-refractivity contribution < 1.29 is 27.8 Å². The van der Waals surface area contributed by atoms with E-state index in [9.17, 15) is 23.1 Å². The number of ether oxygens (including phenoxy) is 1. The van der Waals surface area contributed by atoms with Crippen molar-refractivity contribution in [3.05, 3.63) is 35.9 Å². The Morgan fingerprint density at radius 3 is 2.53 bits per heavy atom. The standard InChI is InChI=1S/C23H32F3NO3/c1-17(15-30-16-18-7-3-2-4-8-18)20-10-6-13-22(20)12-5-9-19(11-14-28)27(22)21(29)23(24,25)26/h2-4,7-8,17,19-20,28H,5-6,9-16H2,1H3/t17-,19+,20+,22+/m0/s1. The highest BCUT2D eigenvalue weighted by Crippen LogP contribution is 2.52. The molecule has 0 unspecified atom stereocenters. The molecule has 0 aromatic heterocycles. The molecular weight excluding hydrogens is 395 g/mol. The average molecular weight is 428 g/mol. The van der Waals surface area contributed by atoms with Crippen LogP contribution in [0.1, 0.15) is 57.4 Å². The Balaban J connectivity index is 1.78. The summed E-state index contributed by atoms with van der Waals surface area (Å²) in [5.74, 6) is -1.75. The highest BCUT2D eigenvalue weighted by atomic mass is 19.4. The lowest BCUT2D eigenvalue weighted by Gasteiger charge is -2.54. The summed E-state index contributed by atoms with van der Waals surface area (Å²) in [7, 11) is 0. The second-order valence-corrected chi connectivity index (χ2v) is 8.81. The lowest BCUT2D eigenvalue weighted by molar-refractivity contribution is -0.202. The number of carbonyl (C=O) groups is 1. The lowest BCUT2D eigenvalue weighted by Crippen LogP contribution is -2.64. The number of aliphatic hydroxyl groups is 1. The molecule has 7 heteroatoms. The minimum atomic E-state index is -4.90. The van der Waals surface area contributed by atoms with Crippen LogP contribution < -0.4 is 0 Å². The molecule has 0 radical (unpaired) electrons. The van der Waals surface area contributed by atoms with Gasteiger partial charge in [0.15, 0.2) is 0 Å². The van der Waals surface area contributed by atoms with E-state index in [4.69, 9.17) is 4.74 Å². The van der Waals surface area contributed by atoms with E-state index in [-0.39, 0.29) is 24.9 Å². The predicted octanol–water partition coefficient (Wildman–Crippen LogP) is 4.70. The Labute approximate surface area is 176 Å². The van der Waals surface area contributed by atoms with Crippen molar-refractivity contribution >= 4 is 5.91 Å². The molecular formula is C23H32F3NO3. The highest BCUT2D eigenvalue weighted by molar-refractivity contribution is 5.83. The highest BCUT2D eigenvalue weighted by Gasteiger charge is 2.58. The summed E-state index contributed by atoms with van der Waals surface area (Å²) in [5.41, 5.74) is 0.264. The summed E-state index contributed by atoms with van der Waals surface area (Å²) in [6, 6.07) is 9.22. The molecule has 30 heavy (non-hydrogen) atoms. The van der Waals surface area contributed by atoms with Crippen molar-refractivity contribution in [3.8, 4) is 0 Å². The summed E-state index contributed by atoms with van der Waals surface area (Å²) in [4.78, 5) is 13.7. The summed E-state index contributed by atoms with van der Waals surface area (Å²) in [5, 5.41) is 9.41. The van der Waals surface area contributed by atoms with E-state index in [2.05, 4.69) is 0 Å². The first-order valence-corrected chi connectivity index (χ1v) is 10.9. The summed E-state index contributed by atoms with van der Waals surface area (Å²) < 4.78 is 46.5. The third-order valence-electron chi connectivity index (χ3n) is 6.91. The number of nitrogens with zero attached hydrogens (tertiary/aromatic N) is 1. The zero-order valence-corrected chi connectivity index (χ0v) is 17.5. The van der Waals surface area contributed by atoms with E-state index in [0.29, 0.717) is 32.5 Å². The molecule has 1 spiro atoms. The number of halogens is 3. The fraction of sp³-hybridized carbons (Fsp3) is 0.696. The van der Waals surface area contributed by atoms with Crippen LogP contribution in [0.25, 0.3) is 0 Å². The third-order valence-corrected chi connectivity index (χ3v) is 6.91. The quantitative estimate of drug-likeness (QED) is 0.686. The molecule has 1 N–H and O–H groups in total. The van der Waals surface area contributed by atoms with Crippen LogP contribution in [0.4, 0.5) is 13.2 Å². The molecule has 1 amide bonds. The number of alkyl halides is 3. The molecule has 1 aliphatic heterocycles. The van der Waals surface area contributed by atoms with Crippen LogP contribution in [-0.2, 0) is 16.1 Å². The minimum absolute atomic E-state index is 0.0348. The van der Waals surface area contributed by atoms with Gasteiger partial charge in [-0.3, -0.25) is 4.79 Å². The van der Waals surface area contributed by atoms with Gasteiger partial charge in [-0.15, -0.1) is 0 Å². The number of amides is 1. The van der Waals surface area contributed by atoms with E-state index < -0.39 is 23.7 Å². The molecule has 1 aromatic carbocycles. The van der Waals surface area contributed by atoms with Crippen LogP contribution in [0.15, 0.2) is 30.3 Å². The van der Waals surface area contributed by atoms with Gasteiger partial charge in [-0.25, -0.2) is 0 Å². The number of aliphatic hydroxyl groups excluding tert-OH is 1. The monoisotopic (exact) mass is 427 g/mol. The van der Waals surface area contributed by atoms with Gasteiger partial charge in [-0.05, 0) is 55.9 Å². The number of hydrogen-bond donors (Lipinski definition) is 1. The van der Waals surface area contributed by atoms with Crippen LogP contribution >= 0.6 is 0 Å². The Hall–Kier alpha value is -1.60. The van der Waals surface area contributed by atoms with Crippen LogP contribution in [-0.4, -0.2) is 46.9 Å². The number of rotatable bonds is 7. The molecule has 4 nitrogen and oxygen atoms in total. The Bertz CT molecular complexity index is 695.